The van der Waals surface area contributed by atoms with Gasteiger partial charge in [0.05, 0.1) is 13.2 Å². The third-order valence-electron chi connectivity index (χ3n) is 3.09. The quantitative estimate of drug-likeness (QED) is 0.911. The molecule has 6 heteroatoms. The molecule has 2 atom stereocenters. The van der Waals surface area contributed by atoms with E-state index in [0.717, 1.165) is 5.56 Å². The Hall–Kier alpha value is -1.95. The zero-order valence-electron chi connectivity index (χ0n) is 12.0. The molecule has 0 bridgehead atoms. The fourth-order valence-corrected chi connectivity index (χ4v) is 1.98. The summed E-state index contributed by atoms with van der Waals surface area (Å²) in [5.74, 6) is 0.904. The minimum Gasteiger partial charge on any atom is -0.494 e. The Balaban J connectivity index is 2.07. The lowest BCUT2D eigenvalue weighted by Crippen LogP contribution is -2.22. The number of ether oxygens (including phenoxy) is 1. The molecule has 0 saturated carbocycles. The number of rotatable bonds is 5. The summed E-state index contributed by atoms with van der Waals surface area (Å²) in [5.41, 5.74) is 0.825. The maximum atomic E-state index is 13.7. The van der Waals surface area contributed by atoms with E-state index in [1.165, 1.54) is 13.2 Å². The predicted molar refractivity (Wildman–Crippen MR) is 72.0 cm³/mol. The molecule has 1 aromatic carbocycles. The third-order valence-corrected chi connectivity index (χ3v) is 3.09. The molecule has 0 fully saturated rings. The van der Waals surface area contributed by atoms with E-state index in [4.69, 9.17) is 9.15 Å². The van der Waals surface area contributed by atoms with Gasteiger partial charge in [0.25, 0.3) is 0 Å². The average Bonchev–Trinajstić information content (AvgIpc) is 2.85. The van der Waals surface area contributed by atoms with Crippen LogP contribution < -0.4 is 10.1 Å². The van der Waals surface area contributed by atoms with E-state index in [2.05, 4.69) is 15.5 Å². The molecule has 0 spiro atoms. The van der Waals surface area contributed by atoms with Gasteiger partial charge in [-0.15, -0.1) is 10.2 Å². The molecule has 5 nitrogen and oxygen atoms in total. The molecule has 0 unspecified atom stereocenters. The second-order valence-electron chi connectivity index (χ2n) is 4.66. The summed E-state index contributed by atoms with van der Waals surface area (Å²) in [6.45, 7) is 5.61. The molecule has 0 aliphatic rings. The van der Waals surface area contributed by atoms with Crippen molar-refractivity contribution in [3.63, 3.8) is 0 Å². The summed E-state index contributed by atoms with van der Waals surface area (Å²) in [6, 6.07) is 4.73. The molecule has 0 aliphatic carbocycles. The molecular weight excluding hydrogens is 261 g/mol. The molecule has 0 radical (unpaired) electrons. The first kappa shape index (κ1) is 14.5. The number of halogens is 1. The monoisotopic (exact) mass is 279 g/mol. The number of nitrogens with zero attached hydrogens (tertiary/aromatic N) is 2. The highest BCUT2D eigenvalue weighted by molar-refractivity contribution is 5.30. The van der Waals surface area contributed by atoms with Crippen LogP contribution in [-0.2, 0) is 0 Å². The van der Waals surface area contributed by atoms with Gasteiger partial charge >= 0.3 is 0 Å². The Morgan fingerprint density at radius 2 is 2.00 bits per heavy atom. The van der Waals surface area contributed by atoms with E-state index in [1.54, 1.807) is 13.0 Å². The van der Waals surface area contributed by atoms with Gasteiger partial charge in [-0.1, -0.05) is 6.07 Å². The lowest BCUT2D eigenvalue weighted by atomic mass is 10.1. The molecule has 0 amide bonds. The number of aryl methyl sites for hydroxylation is 1. The molecule has 108 valence electrons. The highest BCUT2D eigenvalue weighted by Gasteiger charge is 2.17. The Labute approximate surface area is 117 Å². The van der Waals surface area contributed by atoms with Crippen LogP contribution in [0.1, 0.15) is 43.3 Å². The number of methoxy groups -OCH3 is 1. The van der Waals surface area contributed by atoms with Crippen LogP contribution in [0.25, 0.3) is 0 Å². The number of benzene rings is 1. The van der Waals surface area contributed by atoms with E-state index >= 15 is 0 Å². The van der Waals surface area contributed by atoms with Crippen LogP contribution in [0.5, 0.6) is 5.75 Å². The van der Waals surface area contributed by atoms with Gasteiger partial charge in [-0.2, -0.15) is 0 Å². The van der Waals surface area contributed by atoms with Crippen LogP contribution in [0.2, 0.25) is 0 Å². The molecule has 2 aromatic rings. The first-order chi connectivity index (χ1) is 9.51. The van der Waals surface area contributed by atoms with E-state index in [9.17, 15) is 4.39 Å². The van der Waals surface area contributed by atoms with Crippen molar-refractivity contribution in [2.24, 2.45) is 0 Å². The standard InChI is InChI=1S/C14H18FN3O2/c1-8(11-5-6-13(19-4)12(15)7-11)16-9(2)14-18-17-10(3)20-14/h5-9,16H,1-4H3/t8-,9-/m1/s1. The van der Waals surface area contributed by atoms with Crippen molar-refractivity contribution in [1.82, 2.24) is 15.5 Å². The second-order valence-corrected chi connectivity index (χ2v) is 4.66. The van der Waals surface area contributed by atoms with Crippen molar-refractivity contribution in [2.75, 3.05) is 7.11 Å². The Morgan fingerprint density at radius 1 is 1.25 bits per heavy atom. The molecule has 0 aliphatic heterocycles. The summed E-state index contributed by atoms with van der Waals surface area (Å²) in [6.07, 6.45) is 0. The molecule has 0 saturated heterocycles. The van der Waals surface area contributed by atoms with Gasteiger partial charge in [0.15, 0.2) is 11.6 Å². The van der Waals surface area contributed by atoms with Crippen LogP contribution in [0.3, 0.4) is 0 Å². The average molecular weight is 279 g/mol. The number of nitrogens with one attached hydrogen (secondary N) is 1. The number of hydrogen-bond donors (Lipinski definition) is 1. The Morgan fingerprint density at radius 3 is 2.55 bits per heavy atom. The van der Waals surface area contributed by atoms with Crippen molar-refractivity contribution in [3.05, 3.63) is 41.4 Å². The summed E-state index contributed by atoms with van der Waals surface area (Å²) < 4.78 is 23.9. The normalized spacial score (nSPS) is 14.1. The maximum absolute atomic E-state index is 13.7. The van der Waals surface area contributed by atoms with Gasteiger partial charge < -0.3 is 9.15 Å². The van der Waals surface area contributed by atoms with Gasteiger partial charge in [-0.25, -0.2) is 4.39 Å². The van der Waals surface area contributed by atoms with Gasteiger partial charge in [-0.3, -0.25) is 5.32 Å². The molecule has 1 heterocycles. The summed E-state index contributed by atoms with van der Waals surface area (Å²) in [7, 11) is 1.44. The Kier molecular flexibility index (Phi) is 4.34. The molecule has 2 rings (SSSR count). The van der Waals surface area contributed by atoms with E-state index in [1.807, 2.05) is 19.9 Å². The largest absolute Gasteiger partial charge is 0.494 e. The van der Waals surface area contributed by atoms with Crippen LogP contribution in [0.15, 0.2) is 22.6 Å². The Bertz CT molecular complexity index is 586. The lowest BCUT2D eigenvalue weighted by molar-refractivity contribution is 0.375. The zero-order valence-corrected chi connectivity index (χ0v) is 12.0. The first-order valence-electron chi connectivity index (χ1n) is 6.40. The van der Waals surface area contributed by atoms with Gasteiger partial charge in [-0.05, 0) is 31.5 Å². The molecule has 20 heavy (non-hydrogen) atoms. The maximum Gasteiger partial charge on any atom is 0.233 e. The van der Waals surface area contributed by atoms with Gasteiger partial charge in [0.1, 0.15) is 0 Å². The van der Waals surface area contributed by atoms with Gasteiger partial charge in [0.2, 0.25) is 11.8 Å². The minimum absolute atomic E-state index is 0.0578. The summed E-state index contributed by atoms with van der Waals surface area (Å²) >= 11 is 0. The highest BCUT2D eigenvalue weighted by atomic mass is 19.1. The molecule has 1 N–H and O–H groups in total. The number of hydrogen-bond acceptors (Lipinski definition) is 5. The molecular formula is C14H18FN3O2. The minimum atomic E-state index is -0.375. The first-order valence-corrected chi connectivity index (χ1v) is 6.40. The fourth-order valence-electron chi connectivity index (χ4n) is 1.98. The van der Waals surface area contributed by atoms with Crippen LogP contribution in [0.4, 0.5) is 4.39 Å². The van der Waals surface area contributed by atoms with Crippen LogP contribution in [0, 0.1) is 12.7 Å². The highest BCUT2D eigenvalue weighted by Crippen LogP contribution is 2.23. The second kappa shape index (κ2) is 6.00. The molecule has 1 aromatic heterocycles. The zero-order chi connectivity index (χ0) is 14.7. The van der Waals surface area contributed by atoms with Gasteiger partial charge in [0, 0.05) is 13.0 Å². The predicted octanol–water partition coefficient (Wildman–Crippen LogP) is 2.94. The van der Waals surface area contributed by atoms with Crippen molar-refractivity contribution >= 4 is 0 Å². The van der Waals surface area contributed by atoms with Crippen molar-refractivity contribution < 1.29 is 13.5 Å². The van der Waals surface area contributed by atoms with Crippen molar-refractivity contribution in [2.45, 2.75) is 32.9 Å². The SMILES string of the molecule is COc1ccc([C@@H](C)N[C@H](C)c2nnc(C)o2)cc1F. The van der Waals surface area contributed by atoms with Crippen LogP contribution in [-0.4, -0.2) is 17.3 Å². The summed E-state index contributed by atoms with van der Waals surface area (Å²) in [4.78, 5) is 0. The fraction of sp³-hybridized carbons (Fsp3) is 0.429. The topological polar surface area (TPSA) is 60.2 Å². The third kappa shape index (κ3) is 3.14. The smallest absolute Gasteiger partial charge is 0.233 e. The van der Waals surface area contributed by atoms with E-state index in [0.29, 0.717) is 11.8 Å². The van der Waals surface area contributed by atoms with E-state index in [-0.39, 0.29) is 23.7 Å². The summed E-state index contributed by atoms with van der Waals surface area (Å²) in [5, 5.41) is 11.0. The van der Waals surface area contributed by atoms with Crippen molar-refractivity contribution in [3.8, 4) is 5.75 Å². The lowest BCUT2D eigenvalue weighted by Gasteiger charge is -2.18. The van der Waals surface area contributed by atoms with Crippen molar-refractivity contribution in [1.29, 1.82) is 0 Å². The van der Waals surface area contributed by atoms with E-state index < -0.39 is 0 Å². The number of aromatic nitrogens is 2. The van der Waals surface area contributed by atoms with Crippen LogP contribution >= 0.6 is 0 Å².